The summed E-state index contributed by atoms with van der Waals surface area (Å²) in [6, 6.07) is 0.173. The van der Waals surface area contributed by atoms with Crippen LogP contribution in [0.5, 0.6) is 0 Å². The van der Waals surface area contributed by atoms with E-state index in [1.54, 1.807) is 0 Å². The molecule has 4 rings (SSSR count). The molecule has 3 heterocycles. The lowest BCUT2D eigenvalue weighted by Gasteiger charge is -2.39. The van der Waals surface area contributed by atoms with Crippen molar-refractivity contribution in [2.45, 2.75) is 37.2 Å². The number of benzene rings is 1. The molecule has 1 aromatic carbocycles. The maximum Gasteiger partial charge on any atom is 0.417 e. The number of nitrogens with zero attached hydrogens (tertiary/aromatic N) is 2. The molecule has 5 nitrogen and oxygen atoms in total. The first-order valence-corrected chi connectivity index (χ1v) is 8.95. The molecule has 29 heavy (non-hydrogen) atoms. The Morgan fingerprint density at radius 2 is 2.00 bits per heavy atom. The van der Waals surface area contributed by atoms with Crippen LogP contribution in [0.1, 0.15) is 41.7 Å². The van der Waals surface area contributed by atoms with E-state index < -0.39 is 58.4 Å². The van der Waals surface area contributed by atoms with Crippen molar-refractivity contribution >= 4 is 23.3 Å². The normalized spacial score (nSPS) is 23.1. The number of carbonyl (C=O) groups is 1. The highest BCUT2D eigenvalue weighted by molar-refractivity contribution is 6.31. The third-order valence-corrected chi connectivity index (χ3v) is 5.57. The van der Waals surface area contributed by atoms with Crippen LogP contribution in [-0.4, -0.2) is 27.1 Å². The zero-order valence-electron chi connectivity index (χ0n) is 14.5. The van der Waals surface area contributed by atoms with Gasteiger partial charge in [0.15, 0.2) is 0 Å². The highest BCUT2D eigenvalue weighted by atomic mass is 35.5. The Morgan fingerprint density at radius 3 is 2.69 bits per heavy atom. The van der Waals surface area contributed by atoms with Crippen molar-refractivity contribution in [3.05, 3.63) is 57.9 Å². The number of aliphatic hydroxyl groups is 1. The van der Waals surface area contributed by atoms with Gasteiger partial charge in [-0.15, -0.1) is 0 Å². The van der Waals surface area contributed by atoms with Crippen LogP contribution >= 0.6 is 11.6 Å². The number of alkyl halides is 3. The molecule has 2 amide bonds. The smallest absolute Gasteiger partial charge is 0.386 e. The summed E-state index contributed by atoms with van der Waals surface area (Å²) in [6.07, 6.45) is -4.17. The third kappa shape index (κ3) is 3.20. The van der Waals surface area contributed by atoms with Crippen LogP contribution in [0, 0.1) is 11.8 Å². The van der Waals surface area contributed by atoms with Gasteiger partial charge in [-0.2, -0.15) is 17.6 Å². The predicted molar refractivity (Wildman–Crippen MR) is 92.2 cm³/mol. The fourth-order valence-electron chi connectivity index (χ4n) is 4.02. The molecule has 154 valence electrons. The number of urea groups is 1. The number of carbonyl (C=O) groups excluding carboxylic acids is 1. The van der Waals surface area contributed by atoms with Crippen molar-refractivity contribution in [2.75, 3.05) is 5.32 Å². The topological polar surface area (TPSA) is 65.5 Å². The van der Waals surface area contributed by atoms with Gasteiger partial charge in [-0.1, -0.05) is 11.6 Å². The number of fused-ring (bicyclic) bond motifs is 4. The van der Waals surface area contributed by atoms with E-state index in [1.165, 1.54) is 17.2 Å². The molecule has 2 aromatic rings. The van der Waals surface area contributed by atoms with Crippen LogP contribution in [-0.2, 0) is 6.18 Å². The lowest BCUT2D eigenvalue weighted by molar-refractivity contribution is -0.137. The number of hydrogen-bond acceptors (Lipinski definition) is 3. The van der Waals surface area contributed by atoms with Gasteiger partial charge in [0.05, 0.1) is 28.4 Å². The molecule has 1 aromatic heterocycles. The first kappa shape index (κ1) is 19.8. The largest absolute Gasteiger partial charge is 0.417 e. The molecule has 11 heteroatoms. The van der Waals surface area contributed by atoms with Crippen LogP contribution in [0.15, 0.2) is 24.4 Å². The Labute approximate surface area is 166 Å². The van der Waals surface area contributed by atoms with E-state index >= 15 is 0 Å². The Hall–Kier alpha value is -2.46. The number of nitrogens with one attached hydrogen (secondary N) is 1. The van der Waals surface area contributed by atoms with E-state index in [1.807, 2.05) is 0 Å². The summed E-state index contributed by atoms with van der Waals surface area (Å²) < 4.78 is 66.7. The SMILES string of the molecule is O=C(Nc1cc(Cl)c(C(F)(F)F)cc1F)N1C2CCC1C(O)c1c2ccnc1F. The minimum Gasteiger partial charge on any atom is -0.386 e. The summed E-state index contributed by atoms with van der Waals surface area (Å²) in [5, 5.41) is 12.0. The highest BCUT2D eigenvalue weighted by Crippen LogP contribution is 2.49. The number of halogens is 6. The second-order valence-electron chi connectivity index (χ2n) is 6.86. The second kappa shape index (κ2) is 6.81. The lowest BCUT2D eigenvalue weighted by Crippen LogP contribution is -2.46. The Kier molecular flexibility index (Phi) is 4.66. The van der Waals surface area contributed by atoms with E-state index in [4.69, 9.17) is 11.6 Å². The zero-order valence-corrected chi connectivity index (χ0v) is 15.2. The number of rotatable bonds is 1. The van der Waals surface area contributed by atoms with Gasteiger partial charge in [-0.25, -0.2) is 14.2 Å². The third-order valence-electron chi connectivity index (χ3n) is 5.26. The van der Waals surface area contributed by atoms with Crippen LogP contribution < -0.4 is 5.32 Å². The molecule has 0 saturated carbocycles. The summed E-state index contributed by atoms with van der Waals surface area (Å²) in [7, 11) is 0. The highest BCUT2D eigenvalue weighted by Gasteiger charge is 2.49. The molecule has 2 aliphatic heterocycles. The summed E-state index contributed by atoms with van der Waals surface area (Å²) in [5.41, 5.74) is -1.48. The molecule has 2 aliphatic rings. The van der Waals surface area contributed by atoms with Gasteiger partial charge in [-0.3, -0.25) is 0 Å². The van der Waals surface area contributed by atoms with Gasteiger partial charge in [0.1, 0.15) is 11.9 Å². The summed E-state index contributed by atoms with van der Waals surface area (Å²) >= 11 is 5.59. The molecule has 1 saturated heterocycles. The first-order chi connectivity index (χ1) is 13.6. The van der Waals surface area contributed by atoms with Crippen LogP contribution in [0.4, 0.5) is 32.4 Å². The van der Waals surface area contributed by atoms with E-state index in [2.05, 4.69) is 10.3 Å². The van der Waals surface area contributed by atoms with E-state index in [0.29, 0.717) is 24.5 Å². The van der Waals surface area contributed by atoms with Gasteiger partial charge < -0.3 is 15.3 Å². The number of aliphatic hydroxyl groups excluding tert-OH is 1. The van der Waals surface area contributed by atoms with Gasteiger partial charge in [-0.05, 0) is 36.6 Å². The van der Waals surface area contributed by atoms with Crippen LogP contribution in [0.25, 0.3) is 0 Å². The Morgan fingerprint density at radius 1 is 1.28 bits per heavy atom. The van der Waals surface area contributed by atoms with Crippen molar-refractivity contribution < 1.29 is 31.9 Å². The number of amides is 2. The number of aromatic nitrogens is 1. The van der Waals surface area contributed by atoms with E-state index in [-0.39, 0.29) is 11.6 Å². The van der Waals surface area contributed by atoms with Gasteiger partial charge >= 0.3 is 12.2 Å². The maximum absolute atomic E-state index is 14.2. The second-order valence-corrected chi connectivity index (χ2v) is 7.26. The molecule has 1 fully saturated rings. The van der Waals surface area contributed by atoms with Crippen LogP contribution in [0.3, 0.4) is 0 Å². The van der Waals surface area contributed by atoms with Crippen molar-refractivity contribution in [2.24, 2.45) is 0 Å². The van der Waals surface area contributed by atoms with Crippen molar-refractivity contribution in [3.63, 3.8) is 0 Å². The Balaban J connectivity index is 1.64. The number of pyridine rings is 1. The number of hydrogen-bond donors (Lipinski definition) is 2. The Bertz CT molecular complexity index is 1000. The zero-order chi connectivity index (χ0) is 21.1. The summed E-state index contributed by atoms with van der Waals surface area (Å²) in [5.74, 6) is -2.14. The van der Waals surface area contributed by atoms with Crippen molar-refractivity contribution in [1.82, 2.24) is 9.88 Å². The predicted octanol–water partition coefficient (Wildman–Crippen LogP) is 4.82. The molecule has 0 radical (unpaired) electrons. The minimum absolute atomic E-state index is 0.0211. The van der Waals surface area contributed by atoms with Gasteiger partial charge in [0.25, 0.3) is 0 Å². The summed E-state index contributed by atoms with van der Waals surface area (Å²) in [4.78, 5) is 17.5. The fourth-order valence-corrected chi connectivity index (χ4v) is 4.29. The molecular weight excluding hydrogens is 421 g/mol. The molecular formula is C18H13ClF5N3O2. The van der Waals surface area contributed by atoms with Crippen molar-refractivity contribution in [1.29, 1.82) is 0 Å². The molecule has 0 aliphatic carbocycles. The molecule has 2 N–H and O–H groups in total. The average Bonchev–Trinajstić information content (AvgIpc) is 3.01. The molecule has 3 atom stereocenters. The molecule has 0 spiro atoms. The van der Waals surface area contributed by atoms with E-state index in [0.717, 1.165) is 0 Å². The first-order valence-electron chi connectivity index (χ1n) is 8.57. The quantitative estimate of drug-likeness (QED) is 0.501. The summed E-state index contributed by atoms with van der Waals surface area (Å²) in [6.45, 7) is 0. The van der Waals surface area contributed by atoms with E-state index in [9.17, 15) is 31.9 Å². The standard InChI is InChI=1S/C18H13ClF5N3O2/c19-9-6-11(10(20)5-8(9)18(22,23)24)26-17(29)27-12-1-2-13(27)15(28)14-7(12)3-4-25-16(14)21/h3-6,12-13,15,28H,1-2H2,(H,26,29). The fraction of sp³-hybridized carbons (Fsp3) is 0.333. The van der Waals surface area contributed by atoms with Gasteiger partial charge in [0, 0.05) is 11.8 Å². The monoisotopic (exact) mass is 433 g/mol. The van der Waals surface area contributed by atoms with Crippen LogP contribution in [0.2, 0.25) is 5.02 Å². The average molecular weight is 434 g/mol. The molecule has 2 bridgehead atoms. The van der Waals surface area contributed by atoms with Gasteiger partial charge in [0.2, 0.25) is 5.95 Å². The molecule has 3 unspecified atom stereocenters. The maximum atomic E-state index is 14.2. The lowest BCUT2D eigenvalue weighted by atomic mass is 9.92. The minimum atomic E-state index is -4.85. The van der Waals surface area contributed by atoms with Crippen molar-refractivity contribution in [3.8, 4) is 0 Å². The number of anilines is 1.